The van der Waals surface area contributed by atoms with E-state index in [1.807, 2.05) is 29.8 Å². The number of aryl methyl sites for hydroxylation is 1. The molecule has 0 radical (unpaired) electrons. The predicted octanol–water partition coefficient (Wildman–Crippen LogP) is 2.62. The van der Waals surface area contributed by atoms with Crippen LogP contribution in [0.2, 0.25) is 0 Å². The molecule has 0 spiro atoms. The predicted molar refractivity (Wildman–Crippen MR) is 70.6 cm³/mol. The fourth-order valence-corrected chi connectivity index (χ4v) is 1.95. The highest BCUT2D eigenvalue weighted by Gasteiger charge is 2.06. The van der Waals surface area contributed by atoms with Crippen LogP contribution in [0.4, 0.5) is 4.39 Å². The zero-order valence-corrected chi connectivity index (χ0v) is 10.3. The van der Waals surface area contributed by atoms with Crippen molar-refractivity contribution >= 4 is 17.2 Å². The molecule has 0 amide bonds. The molecule has 2 aromatic rings. The van der Waals surface area contributed by atoms with E-state index in [1.54, 1.807) is 12.1 Å². The summed E-state index contributed by atoms with van der Waals surface area (Å²) in [6.07, 6.45) is 1.89. The molecule has 1 aromatic heterocycles. The minimum Gasteiger partial charge on any atom is -0.388 e. The second-order valence-corrected chi connectivity index (χ2v) is 4.40. The summed E-state index contributed by atoms with van der Waals surface area (Å²) >= 11 is 4.96. The van der Waals surface area contributed by atoms with E-state index in [0.29, 0.717) is 11.5 Å². The van der Waals surface area contributed by atoms with Gasteiger partial charge in [0.05, 0.1) is 5.69 Å². The molecule has 0 aliphatic heterocycles. The van der Waals surface area contributed by atoms with Gasteiger partial charge in [-0.15, -0.1) is 0 Å². The first-order chi connectivity index (χ1) is 8.08. The smallest absolute Gasteiger partial charge is 0.123 e. The lowest BCUT2D eigenvalue weighted by Gasteiger charge is -2.10. The normalized spacial score (nSPS) is 10.5. The Balaban J connectivity index is 2.34. The number of halogens is 1. The molecule has 4 heteroatoms. The molecular weight excluding hydrogens is 235 g/mol. The van der Waals surface area contributed by atoms with Gasteiger partial charge in [-0.1, -0.05) is 18.3 Å². The summed E-state index contributed by atoms with van der Waals surface area (Å²) in [5.74, 6) is -0.227. The molecule has 17 heavy (non-hydrogen) atoms. The highest BCUT2D eigenvalue weighted by atomic mass is 32.1. The lowest BCUT2D eigenvalue weighted by Crippen LogP contribution is -2.16. The molecular formula is C13H13FN2S. The summed E-state index contributed by atoms with van der Waals surface area (Å²) in [6.45, 7) is 2.53. The van der Waals surface area contributed by atoms with Gasteiger partial charge in [0.1, 0.15) is 10.8 Å². The van der Waals surface area contributed by atoms with Crippen LogP contribution < -0.4 is 5.73 Å². The monoisotopic (exact) mass is 248 g/mol. The Kier molecular flexibility index (Phi) is 3.24. The largest absolute Gasteiger partial charge is 0.388 e. The third-order valence-corrected chi connectivity index (χ3v) is 2.94. The Morgan fingerprint density at radius 3 is 2.88 bits per heavy atom. The number of aromatic nitrogens is 1. The molecule has 0 aliphatic rings. The van der Waals surface area contributed by atoms with Crippen molar-refractivity contribution in [2.75, 3.05) is 0 Å². The average molecular weight is 248 g/mol. The lowest BCUT2D eigenvalue weighted by atomic mass is 10.1. The first-order valence-electron chi connectivity index (χ1n) is 5.28. The molecule has 1 heterocycles. The van der Waals surface area contributed by atoms with Crippen molar-refractivity contribution in [2.24, 2.45) is 5.73 Å². The molecule has 0 bridgehead atoms. The Labute approximate surface area is 105 Å². The van der Waals surface area contributed by atoms with Crippen LogP contribution in [-0.4, -0.2) is 9.56 Å². The summed E-state index contributed by atoms with van der Waals surface area (Å²) < 4.78 is 15.1. The molecule has 0 aliphatic carbocycles. The topological polar surface area (TPSA) is 30.9 Å². The minimum absolute atomic E-state index is 0.227. The van der Waals surface area contributed by atoms with Crippen LogP contribution in [-0.2, 0) is 6.54 Å². The Morgan fingerprint density at radius 2 is 2.18 bits per heavy atom. The summed E-state index contributed by atoms with van der Waals surface area (Å²) in [7, 11) is 0. The van der Waals surface area contributed by atoms with Crippen molar-refractivity contribution in [1.29, 1.82) is 0 Å². The zero-order chi connectivity index (χ0) is 12.4. The summed E-state index contributed by atoms with van der Waals surface area (Å²) in [5, 5.41) is 0. The molecule has 88 valence electrons. The molecule has 0 unspecified atom stereocenters. The Morgan fingerprint density at radius 1 is 1.41 bits per heavy atom. The quantitative estimate of drug-likeness (QED) is 0.846. The van der Waals surface area contributed by atoms with Gasteiger partial charge < -0.3 is 10.3 Å². The summed E-state index contributed by atoms with van der Waals surface area (Å²) in [4.78, 5) is 0.351. The maximum atomic E-state index is 13.2. The van der Waals surface area contributed by atoms with Crippen molar-refractivity contribution in [1.82, 2.24) is 4.57 Å². The molecule has 2 N–H and O–H groups in total. The fraction of sp³-hybridized carbons (Fsp3) is 0.154. The molecule has 0 saturated heterocycles. The van der Waals surface area contributed by atoms with Gasteiger partial charge in [0.25, 0.3) is 0 Å². The maximum Gasteiger partial charge on any atom is 0.123 e. The summed E-state index contributed by atoms with van der Waals surface area (Å²) in [5.41, 5.74) is 8.39. The first-order valence-corrected chi connectivity index (χ1v) is 5.68. The lowest BCUT2D eigenvalue weighted by molar-refractivity contribution is 0.622. The second kappa shape index (κ2) is 4.67. The first kappa shape index (κ1) is 11.8. The van der Waals surface area contributed by atoms with Gasteiger partial charge in [0.15, 0.2) is 0 Å². The van der Waals surface area contributed by atoms with E-state index < -0.39 is 0 Å². The maximum absolute atomic E-state index is 13.2. The van der Waals surface area contributed by atoms with Crippen molar-refractivity contribution in [3.63, 3.8) is 0 Å². The standard InChI is InChI=1S/C13H13FN2S/c1-9-4-5-11(14)7-10(9)8-16-6-2-3-12(16)13(15)17/h2-7H,8H2,1H3,(H2,15,17). The van der Waals surface area contributed by atoms with Gasteiger partial charge in [-0.05, 0) is 42.3 Å². The van der Waals surface area contributed by atoms with Crippen molar-refractivity contribution < 1.29 is 4.39 Å². The van der Waals surface area contributed by atoms with Gasteiger partial charge in [-0.3, -0.25) is 0 Å². The van der Waals surface area contributed by atoms with Crippen LogP contribution in [0.1, 0.15) is 16.8 Å². The Hall–Kier alpha value is -1.68. The van der Waals surface area contributed by atoms with E-state index in [9.17, 15) is 4.39 Å². The number of rotatable bonds is 3. The SMILES string of the molecule is Cc1ccc(F)cc1Cn1cccc1C(N)=S. The Bertz CT molecular complexity index is 560. The van der Waals surface area contributed by atoms with Crippen LogP contribution in [0.15, 0.2) is 36.5 Å². The van der Waals surface area contributed by atoms with Crippen molar-refractivity contribution in [3.05, 3.63) is 59.2 Å². The molecule has 0 atom stereocenters. The van der Waals surface area contributed by atoms with E-state index in [2.05, 4.69) is 0 Å². The molecule has 2 rings (SSSR count). The van der Waals surface area contributed by atoms with Crippen LogP contribution in [0.5, 0.6) is 0 Å². The zero-order valence-electron chi connectivity index (χ0n) is 9.48. The molecule has 0 saturated carbocycles. The fourth-order valence-electron chi connectivity index (χ4n) is 1.77. The number of nitrogens with two attached hydrogens (primary N) is 1. The van der Waals surface area contributed by atoms with Gasteiger partial charge in [-0.2, -0.15) is 0 Å². The van der Waals surface area contributed by atoms with E-state index in [1.165, 1.54) is 6.07 Å². The molecule has 0 fully saturated rings. The minimum atomic E-state index is -0.227. The number of thiocarbonyl (C=S) groups is 1. The van der Waals surface area contributed by atoms with Crippen LogP contribution in [0.25, 0.3) is 0 Å². The number of hydrogen-bond acceptors (Lipinski definition) is 1. The van der Waals surface area contributed by atoms with Crippen molar-refractivity contribution in [2.45, 2.75) is 13.5 Å². The van der Waals surface area contributed by atoms with Gasteiger partial charge in [0, 0.05) is 12.7 Å². The third kappa shape index (κ3) is 2.53. The number of benzene rings is 1. The van der Waals surface area contributed by atoms with E-state index in [0.717, 1.165) is 16.8 Å². The van der Waals surface area contributed by atoms with Gasteiger partial charge in [0.2, 0.25) is 0 Å². The van der Waals surface area contributed by atoms with Gasteiger partial charge in [-0.25, -0.2) is 4.39 Å². The van der Waals surface area contributed by atoms with E-state index in [-0.39, 0.29) is 5.82 Å². The second-order valence-electron chi connectivity index (χ2n) is 3.96. The molecule has 2 nitrogen and oxygen atoms in total. The van der Waals surface area contributed by atoms with Crippen molar-refractivity contribution in [3.8, 4) is 0 Å². The number of nitrogens with zero attached hydrogens (tertiary/aromatic N) is 1. The third-order valence-electron chi connectivity index (χ3n) is 2.73. The summed E-state index contributed by atoms with van der Waals surface area (Å²) in [6, 6.07) is 8.51. The van der Waals surface area contributed by atoms with Gasteiger partial charge >= 0.3 is 0 Å². The molecule has 1 aromatic carbocycles. The van der Waals surface area contributed by atoms with Crippen LogP contribution >= 0.6 is 12.2 Å². The average Bonchev–Trinajstić information content (AvgIpc) is 2.71. The van der Waals surface area contributed by atoms with Crippen LogP contribution in [0, 0.1) is 12.7 Å². The highest BCUT2D eigenvalue weighted by Crippen LogP contribution is 2.13. The highest BCUT2D eigenvalue weighted by molar-refractivity contribution is 7.80. The van der Waals surface area contributed by atoms with E-state index >= 15 is 0 Å². The number of hydrogen-bond donors (Lipinski definition) is 1. The van der Waals surface area contributed by atoms with E-state index in [4.69, 9.17) is 18.0 Å². The van der Waals surface area contributed by atoms with Crippen LogP contribution in [0.3, 0.4) is 0 Å².